The van der Waals surface area contributed by atoms with Crippen LogP contribution < -0.4 is 4.72 Å². The van der Waals surface area contributed by atoms with Crippen molar-refractivity contribution in [2.45, 2.75) is 94.2 Å². The zero-order valence-electron chi connectivity index (χ0n) is 29.0. The lowest BCUT2D eigenvalue weighted by atomic mass is 9.70. The van der Waals surface area contributed by atoms with Crippen molar-refractivity contribution in [2.75, 3.05) is 19.6 Å². The number of likely N-dealkylation sites (tertiary alicyclic amines) is 1. The Morgan fingerprint density at radius 1 is 0.920 bits per heavy atom. The normalized spacial score (nSPS) is 22.5. The van der Waals surface area contributed by atoms with Gasteiger partial charge in [0.05, 0.1) is 15.9 Å². The molecule has 50 heavy (non-hydrogen) atoms. The van der Waals surface area contributed by atoms with Crippen LogP contribution in [-0.2, 0) is 25.0 Å². The first-order valence-electron chi connectivity index (χ1n) is 17.7. The van der Waals surface area contributed by atoms with Crippen molar-refractivity contribution in [3.63, 3.8) is 0 Å². The van der Waals surface area contributed by atoms with Crippen molar-refractivity contribution in [2.24, 2.45) is 5.41 Å². The molecule has 11 heteroatoms. The van der Waals surface area contributed by atoms with E-state index in [1.807, 2.05) is 12.1 Å². The molecular weight excluding hydrogens is 654 g/mol. The van der Waals surface area contributed by atoms with Gasteiger partial charge in [-0.25, -0.2) is 22.5 Å². The molecule has 0 spiro atoms. The number of rotatable bonds is 9. The number of carbonyl (C=O) groups excluding carboxylic acids is 2. The number of halogens is 1. The summed E-state index contributed by atoms with van der Waals surface area (Å²) in [5.41, 5.74) is 1.24. The predicted octanol–water partition coefficient (Wildman–Crippen LogP) is 6.13. The molecule has 3 aliphatic heterocycles. The van der Waals surface area contributed by atoms with Gasteiger partial charge in [0, 0.05) is 31.2 Å². The van der Waals surface area contributed by atoms with Gasteiger partial charge in [0.25, 0.3) is 10.0 Å². The Hall–Kier alpha value is -4.09. The molecule has 9 nitrogen and oxygen atoms in total. The topological polar surface area (TPSA) is 105 Å². The minimum atomic E-state index is -4.13. The molecule has 0 radical (unpaired) electrons. The number of piperidine rings is 2. The lowest BCUT2D eigenvalue weighted by Crippen LogP contribution is -2.54. The third kappa shape index (κ3) is 6.34. The maximum Gasteiger partial charge on any atom is 0.264 e. The number of aromatic nitrogens is 2. The van der Waals surface area contributed by atoms with Gasteiger partial charge in [-0.1, -0.05) is 42.5 Å². The van der Waals surface area contributed by atoms with Crippen LogP contribution in [-0.4, -0.2) is 71.3 Å². The van der Waals surface area contributed by atoms with E-state index >= 15 is 0 Å². The average Bonchev–Trinajstić information content (AvgIpc) is 3.57. The third-order valence-corrected chi connectivity index (χ3v) is 13.0. The number of nitrogens with one attached hydrogen (secondary N) is 1. The number of imidazole rings is 1. The molecule has 2 atom stereocenters. The van der Waals surface area contributed by atoms with Gasteiger partial charge in [0.15, 0.2) is 0 Å². The smallest absolute Gasteiger partial charge is 0.264 e. The number of amides is 2. The Bertz CT molecular complexity index is 1990. The fourth-order valence-corrected chi connectivity index (χ4v) is 9.96. The number of nitrogens with zero attached hydrogens (tertiary/aromatic N) is 4. The van der Waals surface area contributed by atoms with Crippen LogP contribution in [0.5, 0.6) is 0 Å². The van der Waals surface area contributed by atoms with Gasteiger partial charge in [-0.05, 0) is 120 Å². The number of benzene rings is 3. The SMILES string of the molecule is Cc1nc2ccccc2n1C1CC2CCC(C1)N2CCC1(c2cccc(F)c2)CCN(C(=O)C(C)(C)C(=O)NS(=O)(=O)c2ccccc2)CC1. The molecule has 7 rings (SSSR count). The van der Waals surface area contributed by atoms with E-state index in [4.69, 9.17) is 4.98 Å². The Morgan fingerprint density at radius 2 is 1.58 bits per heavy atom. The van der Waals surface area contributed by atoms with Gasteiger partial charge in [0.1, 0.15) is 17.1 Å². The number of sulfonamides is 1. The van der Waals surface area contributed by atoms with E-state index in [1.54, 1.807) is 35.2 Å². The Labute approximate surface area is 293 Å². The van der Waals surface area contributed by atoms with Gasteiger partial charge < -0.3 is 9.47 Å². The summed E-state index contributed by atoms with van der Waals surface area (Å²) in [7, 11) is -4.13. The van der Waals surface area contributed by atoms with E-state index in [2.05, 4.69) is 39.3 Å². The highest BCUT2D eigenvalue weighted by molar-refractivity contribution is 7.90. The number of para-hydroxylation sites is 2. The van der Waals surface area contributed by atoms with Crippen LogP contribution in [0.1, 0.15) is 76.2 Å². The molecule has 3 aromatic carbocycles. The highest BCUT2D eigenvalue weighted by Crippen LogP contribution is 2.45. The Kier molecular flexibility index (Phi) is 9.09. The second-order valence-electron chi connectivity index (χ2n) is 15.0. The monoisotopic (exact) mass is 699 g/mol. The molecule has 4 heterocycles. The third-order valence-electron chi connectivity index (χ3n) is 11.7. The molecule has 1 N–H and O–H groups in total. The van der Waals surface area contributed by atoms with Crippen LogP contribution in [0.15, 0.2) is 83.8 Å². The Morgan fingerprint density at radius 3 is 2.26 bits per heavy atom. The predicted molar refractivity (Wildman–Crippen MR) is 190 cm³/mol. The first kappa shape index (κ1) is 34.4. The molecule has 3 aliphatic rings. The lowest BCUT2D eigenvalue weighted by molar-refractivity contribution is -0.149. The largest absolute Gasteiger partial charge is 0.342 e. The average molecular weight is 700 g/mol. The van der Waals surface area contributed by atoms with Gasteiger partial charge in [0.2, 0.25) is 11.8 Å². The van der Waals surface area contributed by atoms with Crippen LogP contribution >= 0.6 is 0 Å². The van der Waals surface area contributed by atoms with Gasteiger partial charge in [-0.3, -0.25) is 14.5 Å². The molecule has 3 saturated heterocycles. The first-order valence-corrected chi connectivity index (χ1v) is 19.2. The molecular formula is C39H46FN5O4S. The second-order valence-corrected chi connectivity index (χ2v) is 16.7. The molecule has 2 bridgehead atoms. The summed E-state index contributed by atoms with van der Waals surface area (Å²) in [6.07, 6.45) is 6.55. The van der Waals surface area contributed by atoms with Crippen molar-refractivity contribution >= 4 is 32.9 Å². The summed E-state index contributed by atoms with van der Waals surface area (Å²) in [6, 6.07) is 24.2. The minimum absolute atomic E-state index is 0.0440. The number of hydrogen-bond acceptors (Lipinski definition) is 6. The van der Waals surface area contributed by atoms with Crippen LogP contribution in [0.2, 0.25) is 0 Å². The molecule has 2 amide bonds. The van der Waals surface area contributed by atoms with Crippen molar-refractivity contribution < 1.29 is 22.4 Å². The lowest BCUT2D eigenvalue weighted by Gasteiger charge is -2.46. The fraction of sp³-hybridized carbons (Fsp3) is 0.462. The summed E-state index contributed by atoms with van der Waals surface area (Å²) >= 11 is 0. The number of fused-ring (bicyclic) bond motifs is 3. The van der Waals surface area contributed by atoms with E-state index in [9.17, 15) is 22.4 Å². The van der Waals surface area contributed by atoms with E-state index in [1.165, 1.54) is 50.4 Å². The molecule has 3 fully saturated rings. The van der Waals surface area contributed by atoms with Gasteiger partial charge in [-0.2, -0.15) is 0 Å². The molecule has 1 aromatic heterocycles. The molecule has 0 saturated carbocycles. The maximum absolute atomic E-state index is 14.7. The minimum Gasteiger partial charge on any atom is -0.342 e. The quantitative estimate of drug-likeness (QED) is 0.211. The summed E-state index contributed by atoms with van der Waals surface area (Å²) in [5, 5.41) is 0. The van der Waals surface area contributed by atoms with E-state index in [0.717, 1.165) is 42.7 Å². The van der Waals surface area contributed by atoms with E-state index < -0.39 is 27.3 Å². The molecule has 264 valence electrons. The second kappa shape index (κ2) is 13.2. The Balaban J connectivity index is 1.04. The van der Waals surface area contributed by atoms with E-state index in [-0.39, 0.29) is 16.1 Å². The summed E-state index contributed by atoms with van der Waals surface area (Å²) in [6.45, 7) is 6.70. The van der Waals surface area contributed by atoms with Crippen LogP contribution in [0, 0.1) is 18.2 Å². The fourth-order valence-electron chi connectivity index (χ4n) is 8.83. The zero-order valence-corrected chi connectivity index (χ0v) is 29.8. The first-order chi connectivity index (χ1) is 23.9. The van der Waals surface area contributed by atoms with Crippen LogP contribution in [0.3, 0.4) is 0 Å². The van der Waals surface area contributed by atoms with Gasteiger partial charge >= 0.3 is 0 Å². The number of carbonyl (C=O) groups is 2. The number of hydrogen-bond donors (Lipinski definition) is 1. The van der Waals surface area contributed by atoms with Gasteiger partial charge in [-0.15, -0.1) is 0 Å². The summed E-state index contributed by atoms with van der Waals surface area (Å²) in [5.74, 6) is -0.505. The van der Waals surface area contributed by atoms with Crippen LogP contribution in [0.25, 0.3) is 11.0 Å². The summed E-state index contributed by atoms with van der Waals surface area (Å²) < 4.78 is 44.9. The van der Waals surface area contributed by atoms with Crippen molar-refractivity contribution in [1.29, 1.82) is 0 Å². The number of aryl methyl sites for hydroxylation is 1. The zero-order chi connectivity index (χ0) is 35.3. The van der Waals surface area contributed by atoms with Crippen molar-refractivity contribution in [3.05, 3.63) is 96.1 Å². The van der Waals surface area contributed by atoms with Crippen LogP contribution in [0.4, 0.5) is 4.39 Å². The standard InChI is InChI=1S/C39H46FN5O4S/c1-27-41-34-14-7-8-15-35(34)45(27)32-25-30-16-17-31(26-32)44(30)23-20-39(28-10-9-11-29(40)24-28)18-21-43(22-19-39)37(47)38(2,3)36(46)42-50(48,49)33-12-5-4-6-13-33/h4-15,24,30-32H,16-23,25-26H2,1-3H3,(H,42,46). The highest BCUT2D eigenvalue weighted by Gasteiger charge is 2.47. The summed E-state index contributed by atoms with van der Waals surface area (Å²) in [4.78, 5) is 36.2. The maximum atomic E-state index is 14.7. The van der Waals surface area contributed by atoms with Crippen molar-refractivity contribution in [1.82, 2.24) is 24.1 Å². The molecule has 0 aliphatic carbocycles. The van der Waals surface area contributed by atoms with Crippen molar-refractivity contribution in [3.8, 4) is 0 Å². The highest BCUT2D eigenvalue weighted by atomic mass is 32.2. The van der Waals surface area contributed by atoms with E-state index in [0.29, 0.717) is 44.1 Å². The molecule has 2 unspecified atom stereocenters. The molecule has 4 aromatic rings.